The minimum absolute atomic E-state index is 0.255. The molecule has 0 saturated carbocycles. The molecule has 1 aliphatic rings. The summed E-state index contributed by atoms with van der Waals surface area (Å²) in [7, 11) is 0. The molecule has 3 rings (SSSR count). The van der Waals surface area contributed by atoms with Gasteiger partial charge in [-0.1, -0.05) is 24.6 Å². The van der Waals surface area contributed by atoms with Crippen molar-refractivity contribution in [3.05, 3.63) is 50.2 Å². The molecular weight excluding hydrogens is 415 g/mol. The van der Waals surface area contributed by atoms with Gasteiger partial charge in [0.25, 0.3) is 5.91 Å². The number of rotatable bonds is 4. The maximum Gasteiger partial charge on any atom is 0.418 e. The minimum Gasteiger partial charge on any atom is -0.451 e. The number of hydrogen-bond donors (Lipinski definition) is 1. The van der Waals surface area contributed by atoms with E-state index in [4.69, 9.17) is 16.3 Å². The molecule has 1 N–H and O–H groups in total. The zero-order valence-electron chi connectivity index (χ0n) is 14.9. The third kappa shape index (κ3) is 4.67. The highest BCUT2D eigenvalue weighted by atomic mass is 35.5. The topological polar surface area (TPSA) is 55.4 Å². The summed E-state index contributed by atoms with van der Waals surface area (Å²) in [5.41, 5.74) is -0.510. The van der Waals surface area contributed by atoms with Crippen LogP contribution in [0.15, 0.2) is 24.3 Å². The highest BCUT2D eigenvalue weighted by Gasteiger charge is 2.35. The van der Waals surface area contributed by atoms with Crippen LogP contribution in [-0.2, 0) is 28.5 Å². The Morgan fingerprint density at radius 1 is 1.36 bits per heavy atom. The Hall–Kier alpha value is -2.06. The molecule has 9 heteroatoms. The lowest BCUT2D eigenvalue weighted by molar-refractivity contribution is -0.137. The molecule has 1 aliphatic carbocycles. The van der Waals surface area contributed by atoms with Crippen LogP contribution in [-0.4, -0.2) is 18.5 Å². The van der Waals surface area contributed by atoms with Gasteiger partial charge in [-0.05, 0) is 48.9 Å². The number of fused-ring (bicyclic) bond motifs is 1. The summed E-state index contributed by atoms with van der Waals surface area (Å²) in [6.07, 6.45) is -1.82. The number of esters is 1. The largest absolute Gasteiger partial charge is 0.451 e. The standard InChI is InChI=1S/C19H17ClF3NO3S/c1-10-5-6-14-11(7-10)8-15(28-14)18(26)27-9-16(25)24-17-12(19(21,22)23)3-2-4-13(17)20/h2-4,8,10H,5-7,9H2,1H3,(H,24,25). The fourth-order valence-corrected chi connectivity index (χ4v) is 4.40. The second kappa shape index (κ2) is 8.13. The van der Waals surface area contributed by atoms with Crippen molar-refractivity contribution < 1.29 is 27.5 Å². The monoisotopic (exact) mass is 431 g/mol. The molecule has 1 aromatic heterocycles. The second-order valence-corrected chi connectivity index (χ2v) is 8.24. The zero-order chi connectivity index (χ0) is 20.5. The van der Waals surface area contributed by atoms with Crippen molar-refractivity contribution in [1.29, 1.82) is 0 Å². The van der Waals surface area contributed by atoms with E-state index in [1.54, 1.807) is 6.07 Å². The van der Waals surface area contributed by atoms with Crippen LogP contribution in [0.4, 0.5) is 18.9 Å². The number of aryl methyl sites for hydroxylation is 1. The number of alkyl halides is 3. The predicted octanol–water partition coefficient (Wildman–Crippen LogP) is 5.34. The van der Waals surface area contributed by atoms with Crippen molar-refractivity contribution in [2.75, 3.05) is 11.9 Å². The third-order valence-corrected chi connectivity index (χ3v) is 5.98. The molecule has 4 nitrogen and oxygen atoms in total. The first-order valence-electron chi connectivity index (χ1n) is 8.59. The van der Waals surface area contributed by atoms with E-state index in [0.29, 0.717) is 10.8 Å². The molecule has 0 aliphatic heterocycles. The van der Waals surface area contributed by atoms with E-state index in [-0.39, 0.29) is 5.02 Å². The van der Waals surface area contributed by atoms with Gasteiger partial charge in [0.1, 0.15) is 4.88 Å². The molecule has 150 valence electrons. The summed E-state index contributed by atoms with van der Waals surface area (Å²) in [6.45, 7) is 1.44. The van der Waals surface area contributed by atoms with Crippen LogP contribution in [0.2, 0.25) is 5.02 Å². The fraction of sp³-hybridized carbons (Fsp3) is 0.368. The maximum absolute atomic E-state index is 13.1. The van der Waals surface area contributed by atoms with Crippen LogP contribution in [0.25, 0.3) is 0 Å². The summed E-state index contributed by atoms with van der Waals surface area (Å²) in [6, 6.07) is 4.95. The van der Waals surface area contributed by atoms with Crippen LogP contribution in [0.5, 0.6) is 0 Å². The Kier molecular flexibility index (Phi) is 6.00. The van der Waals surface area contributed by atoms with Crippen LogP contribution in [0.1, 0.15) is 39.0 Å². The number of para-hydroxylation sites is 1. The number of halogens is 4. The number of carbonyl (C=O) groups excluding carboxylic acids is 2. The van der Waals surface area contributed by atoms with Crippen LogP contribution in [0.3, 0.4) is 0 Å². The van der Waals surface area contributed by atoms with E-state index < -0.39 is 35.9 Å². The lowest BCUT2D eigenvalue weighted by Gasteiger charge is -2.16. The van der Waals surface area contributed by atoms with E-state index in [2.05, 4.69) is 12.2 Å². The van der Waals surface area contributed by atoms with Gasteiger partial charge in [0.2, 0.25) is 0 Å². The van der Waals surface area contributed by atoms with Crippen molar-refractivity contribution in [1.82, 2.24) is 0 Å². The van der Waals surface area contributed by atoms with Gasteiger partial charge in [-0.25, -0.2) is 4.79 Å². The average molecular weight is 432 g/mol. The van der Waals surface area contributed by atoms with Gasteiger partial charge < -0.3 is 10.1 Å². The number of hydrogen-bond acceptors (Lipinski definition) is 4. The molecule has 28 heavy (non-hydrogen) atoms. The van der Waals surface area contributed by atoms with Crippen molar-refractivity contribution in [3.63, 3.8) is 0 Å². The number of benzene rings is 1. The Morgan fingerprint density at radius 3 is 2.82 bits per heavy atom. The first-order chi connectivity index (χ1) is 13.1. The summed E-state index contributed by atoms with van der Waals surface area (Å²) < 4.78 is 44.1. The smallest absolute Gasteiger partial charge is 0.418 e. The van der Waals surface area contributed by atoms with Gasteiger partial charge >= 0.3 is 12.1 Å². The Bertz CT molecular complexity index is 910. The molecule has 2 aromatic rings. The minimum atomic E-state index is -4.68. The van der Waals surface area contributed by atoms with E-state index in [9.17, 15) is 22.8 Å². The molecule has 0 saturated heterocycles. The molecule has 1 atom stereocenters. The van der Waals surface area contributed by atoms with Crippen LogP contribution >= 0.6 is 22.9 Å². The van der Waals surface area contributed by atoms with Crippen LogP contribution in [0, 0.1) is 5.92 Å². The van der Waals surface area contributed by atoms with Crippen molar-refractivity contribution in [3.8, 4) is 0 Å². The Labute approximate surface area is 168 Å². The molecule has 1 unspecified atom stereocenters. The van der Waals surface area contributed by atoms with Gasteiger partial charge in [0, 0.05) is 4.88 Å². The van der Waals surface area contributed by atoms with E-state index in [1.165, 1.54) is 17.4 Å². The van der Waals surface area contributed by atoms with Gasteiger partial charge in [-0.3, -0.25) is 4.79 Å². The molecule has 1 aromatic carbocycles. The van der Waals surface area contributed by atoms with Gasteiger partial charge in [-0.15, -0.1) is 11.3 Å². The number of amides is 1. The summed E-state index contributed by atoms with van der Waals surface area (Å²) >= 11 is 7.12. The first-order valence-corrected chi connectivity index (χ1v) is 9.79. The molecule has 0 bridgehead atoms. The molecule has 1 amide bonds. The molecular formula is C19H17ClF3NO3S. The van der Waals surface area contributed by atoms with Crippen molar-refractivity contribution in [2.45, 2.75) is 32.4 Å². The Balaban J connectivity index is 1.63. The quantitative estimate of drug-likeness (QED) is 0.665. The van der Waals surface area contributed by atoms with Crippen molar-refractivity contribution >= 4 is 40.5 Å². The van der Waals surface area contributed by atoms with Crippen LogP contribution < -0.4 is 5.32 Å². The molecule has 0 fully saturated rings. The maximum atomic E-state index is 13.1. The normalized spacial score (nSPS) is 16.4. The molecule has 1 heterocycles. The number of thiophene rings is 1. The van der Waals surface area contributed by atoms with E-state index in [1.807, 2.05) is 0 Å². The van der Waals surface area contributed by atoms with Gasteiger partial charge in [0.15, 0.2) is 6.61 Å². The summed E-state index contributed by atoms with van der Waals surface area (Å²) in [5.74, 6) is -1.02. The number of carbonyl (C=O) groups is 2. The summed E-state index contributed by atoms with van der Waals surface area (Å²) in [5, 5.41) is 1.83. The SMILES string of the molecule is CC1CCc2sc(C(=O)OCC(=O)Nc3c(Cl)cccc3C(F)(F)F)cc2C1. The average Bonchev–Trinajstić information content (AvgIpc) is 3.03. The highest BCUT2D eigenvalue weighted by Crippen LogP contribution is 2.38. The summed E-state index contributed by atoms with van der Waals surface area (Å²) in [4.78, 5) is 25.7. The fourth-order valence-electron chi connectivity index (χ4n) is 3.07. The number of ether oxygens (including phenoxy) is 1. The Morgan fingerprint density at radius 2 is 2.11 bits per heavy atom. The molecule has 0 spiro atoms. The number of nitrogens with one attached hydrogen (secondary N) is 1. The lowest BCUT2D eigenvalue weighted by atomic mass is 9.90. The third-order valence-electron chi connectivity index (χ3n) is 4.45. The second-order valence-electron chi connectivity index (χ2n) is 6.69. The van der Waals surface area contributed by atoms with Gasteiger partial charge in [0.05, 0.1) is 16.3 Å². The highest BCUT2D eigenvalue weighted by molar-refractivity contribution is 7.14. The lowest BCUT2D eigenvalue weighted by Crippen LogP contribution is -2.22. The zero-order valence-corrected chi connectivity index (χ0v) is 16.4. The van der Waals surface area contributed by atoms with E-state index >= 15 is 0 Å². The van der Waals surface area contributed by atoms with Crippen molar-refractivity contribution in [2.24, 2.45) is 5.92 Å². The number of anilines is 1. The first kappa shape index (κ1) is 20.7. The predicted molar refractivity (Wildman–Crippen MR) is 101 cm³/mol. The van der Waals surface area contributed by atoms with Gasteiger partial charge in [-0.2, -0.15) is 13.2 Å². The van der Waals surface area contributed by atoms with E-state index in [0.717, 1.165) is 41.8 Å². The molecule has 0 radical (unpaired) electrons.